The highest BCUT2D eigenvalue weighted by molar-refractivity contribution is 5.54. The molecule has 0 spiro atoms. The van der Waals surface area contributed by atoms with Crippen LogP contribution in [0.3, 0.4) is 0 Å². The first-order valence-electron chi connectivity index (χ1n) is 10.0. The lowest BCUT2D eigenvalue weighted by atomic mass is 10.1. The largest absolute Gasteiger partial charge is 0.356 e. The van der Waals surface area contributed by atoms with E-state index in [1.807, 2.05) is 0 Å². The number of nitrogens with zero attached hydrogens (tertiary/aromatic N) is 3. The third-order valence-electron chi connectivity index (χ3n) is 5.70. The summed E-state index contributed by atoms with van der Waals surface area (Å²) in [6, 6.07) is 0.462. The van der Waals surface area contributed by atoms with Crippen molar-refractivity contribution < 1.29 is 0 Å². The van der Waals surface area contributed by atoms with Crippen molar-refractivity contribution in [2.75, 3.05) is 36.4 Å². The van der Waals surface area contributed by atoms with Crippen molar-refractivity contribution in [1.82, 2.24) is 15.3 Å². The molecule has 2 aliphatic heterocycles. The fourth-order valence-corrected chi connectivity index (χ4v) is 4.35. The Balaban J connectivity index is 1.57. The molecule has 0 aromatic carbocycles. The normalized spacial score (nSPS) is 25.0. The third-order valence-corrected chi connectivity index (χ3v) is 5.70. The second kappa shape index (κ2) is 7.68. The highest BCUT2D eigenvalue weighted by Gasteiger charge is 2.24. The van der Waals surface area contributed by atoms with E-state index in [9.17, 15) is 0 Å². The smallest absolute Gasteiger partial charge is 0.225 e. The molecule has 4 rings (SSSR count). The van der Waals surface area contributed by atoms with Crippen LogP contribution in [0.15, 0.2) is 0 Å². The Bertz CT molecular complexity index is 543. The van der Waals surface area contributed by atoms with Gasteiger partial charge in [-0.05, 0) is 51.5 Å². The van der Waals surface area contributed by atoms with Crippen molar-refractivity contribution in [2.45, 2.75) is 70.3 Å². The molecule has 0 unspecified atom stereocenters. The van der Waals surface area contributed by atoms with Gasteiger partial charge in [0, 0.05) is 31.2 Å². The molecular formula is C19H31N5. The number of aromatic nitrogens is 2. The molecule has 0 radical (unpaired) electrons. The molecule has 3 aliphatic rings. The Morgan fingerprint density at radius 1 is 0.917 bits per heavy atom. The van der Waals surface area contributed by atoms with Crippen molar-refractivity contribution in [3.05, 3.63) is 11.3 Å². The standard InChI is InChI=1S/C19H31N5/c1-2-6-13-24(12-5-1)18-16-9-7-10-17(16)22-19(23-18)21-15-8-3-4-11-20-14-15/h15,20H,1-14H2,(H,21,22,23)/t15-/m0/s1. The van der Waals surface area contributed by atoms with E-state index in [1.165, 1.54) is 68.4 Å². The van der Waals surface area contributed by atoms with Crippen LogP contribution in [0.25, 0.3) is 0 Å². The zero-order valence-corrected chi connectivity index (χ0v) is 14.8. The predicted octanol–water partition coefficient (Wildman–Crippen LogP) is 2.90. The lowest BCUT2D eigenvalue weighted by molar-refractivity contribution is 0.629. The zero-order chi connectivity index (χ0) is 16.2. The van der Waals surface area contributed by atoms with Crippen LogP contribution in [-0.4, -0.2) is 42.2 Å². The van der Waals surface area contributed by atoms with E-state index in [0.717, 1.165) is 45.0 Å². The van der Waals surface area contributed by atoms with E-state index in [1.54, 1.807) is 0 Å². The van der Waals surface area contributed by atoms with Gasteiger partial charge < -0.3 is 15.5 Å². The van der Waals surface area contributed by atoms with Crippen molar-refractivity contribution in [2.24, 2.45) is 0 Å². The summed E-state index contributed by atoms with van der Waals surface area (Å²) in [5.74, 6) is 2.10. The lowest BCUT2D eigenvalue weighted by Gasteiger charge is -2.25. The molecule has 0 saturated carbocycles. The number of aryl methyl sites for hydroxylation is 1. The maximum atomic E-state index is 5.01. The molecule has 1 aromatic heterocycles. The predicted molar refractivity (Wildman–Crippen MR) is 98.9 cm³/mol. The average molecular weight is 329 g/mol. The summed E-state index contributed by atoms with van der Waals surface area (Å²) in [6.45, 7) is 4.49. The third kappa shape index (κ3) is 3.66. The van der Waals surface area contributed by atoms with Crippen LogP contribution in [0, 0.1) is 0 Å². The number of hydrogen-bond donors (Lipinski definition) is 2. The molecule has 2 fully saturated rings. The van der Waals surface area contributed by atoms with Crippen molar-refractivity contribution in [1.29, 1.82) is 0 Å². The second-order valence-electron chi connectivity index (χ2n) is 7.59. The molecule has 5 heteroatoms. The lowest BCUT2D eigenvalue weighted by Crippen LogP contribution is -2.32. The van der Waals surface area contributed by atoms with Gasteiger partial charge in [-0.15, -0.1) is 0 Å². The zero-order valence-electron chi connectivity index (χ0n) is 14.8. The van der Waals surface area contributed by atoms with Crippen LogP contribution >= 0.6 is 0 Å². The number of nitrogens with one attached hydrogen (secondary N) is 2. The fraction of sp³-hybridized carbons (Fsp3) is 0.789. The van der Waals surface area contributed by atoms with E-state index < -0.39 is 0 Å². The van der Waals surface area contributed by atoms with Gasteiger partial charge in [0.2, 0.25) is 5.95 Å². The molecule has 24 heavy (non-hydrogen) atoms. The number of anilines is 2. The molecule has 1 aliphatic carbocycles. The molecule has 1 aromatic rings. The van der Waals surface area contributed by atoms with Gasteiger partial charge in [-0.3, -0.25) is 0 Å². The van der Waals surface area contributed by atoms with E-state index in [4.69, 9.17) is 9.97 Å². The number of hydrogen-bond acceptors (Lipinski definition) is 5. The van der Waals surface area contributed by atoms with Gasteiger partial charge in [0.1, 0.15) is 5.82 Å². The first kappa shape index (κ1) is 16.1. The summed E-state index contributed by atoms with van der Waals surface area (Å²) in [5, 5.41) is 7.16. The quantitative estimate of drug-likeness (QED) is 0.893. The number of rotatable bonds is 3. The van der Waals surface area contributed by atoms with Crippen LogP contribution < -0.4 is 15.5 Å². The topological polar surface area (TPSA) is 53.1 Å². The van der Waals surface area contributed by atoms with Crippen LogP contribution in [-0.2, 0) is 12.8 Å². The highest BCUT2D eigenvalue weighted by Crippen LogP contribution is 2.31. The van der Waals surface area contributed by atoms with Gasteiger partial charge in [-0.1, -0.05) is 19.3 Å². The second-order valence-corrected chi connectivity index (χ2v) is 7.59. The van der Waals surface area contributed by atoms with Gasteiger partial charge in [0.25, 0.3) is 0 Å². The van der Waals surface area contributed by atoms with Gasteiger partial charge in [0.15, 0.2) is 0 Å². The molecule has 0 bridgehead atoms. The Morgan fingerprint density at radius 3 is 2.67 bits per heavy atom. The van der Waals surface area contributed by atoms with E-state index >= 15 is 0 Å². The van der Waals surface area contributed by atoms with Crippen LogP contribution in [0.2, 0.25) is 0 Å². The minimum atomic E-state index is 0.462. The van der Waals surface area contributed by atoms with Crippen molar-refractivity contribution in [3.8, 4) is 0 Å². The van der Waals surface area contributed by atoms with Gasteiger partial charge >= 0.3 is 0 Å². The summed E-state index contributed by atoms with van der Waals surface area (Å²) >= 11 is 0. The molecular weight excluding hydrogens is 298 g/mol. The minimum Gasteiger partial charge on any atom is -0.356 e. The molecule has 1 atom stereocenters. The average Bonchev–Trinajstić information content (AvgIpc) is 2.80. The molecule has 132 valence electrons. The number of fused-ring (bicyclic) bond motifs is 1. The van der Waals surface area contributed by atoms with Crippen molar-refractivity contribution >= 4 is 11.8 Å². The minimum absolute atomic E-state index is 0.462. The summed E-state index contributed by atoms with van der Waals surface area (Å²) in [4.78, 5) is 12.4. The maximum Gasteiger partial charge on any atom is 0.225 e. The first-order valence-corrected chi connectivity index (χ1v) is 10.0. The molecule has 2 saturated heterocycles. The Kier molecular flexibility index (Phi) is 5.16. The van der Waals surface area contributed by atoms with E-state index in [-0.39, 0.29) is 0 Å². The Morgan fingerprint density at radius 2 is 1.79 bits per heavy atom. The Hall–Kier alpha value is -1.36. The van der Waals surface area contributed by atoms with E-state index in [0.29, 0.717) is 6.04 Å². The SMILES string of the molecule is C1CCCN(c2nc(N[C@H]3CCCCNC3)nc3c2CCC3)CC1. The van der Waals surface area contributed by atoms with Gasteiger partial charge in [-0.25, -0.2) is 4.98 Å². The van der Waals surface area contributed by atoms with Gasteiger partial charge in [-0.2, -0.15) is 4.98 Å². The summed E-state index contributed by atoms with van der Waals surface area (Å²) in [6.07, 6.45) is 12.6. The van der Waals surface area contributed by atoms with E-state index in [2.05, 4.69) is 15.5 Å². The van der Waals surface area contributed by atoms with Gasteiger partial charge in [0.05, 0.1) is 5.69 Å². The first-order chi connectivity index (χ1) is 11.9. The van der Waals surface area contributed by atoms with Crippen LogP contribution in [0.1, 0.15) is 62.6 Å². The molecule has 0 amide bonds. The molecule has 2 N–H and O–H groups in total. The molecule has 3 heterocycles. The molecule has 5 nitrogen and oxygen atoms in total. The summed E-state index contributed by atoms with van der Waals surface area (Å²) in [7, 11) is 0. The van der Waals surface area contributed by atoms with Crippen LogP contribution in [0.4, 0.5) is 11.8 Å². The maximum absolute atomic E-state index is 5.01. The monoisotopic (exact) mass is 329 g/mol. The fourth-order valence-electron chi connectivity index (χ4n) is 4.35. The van der Waals surface area contributed by atoms with Crippen molar-refractivity contribution in [3.63, 3.8) is 0 Å². The van der Waals surface area contributed by atoms with Crippen LogP contribution in [0.5, 0.6) is 0 Å². The summed E-state index contributed by atoms with van der Waals surface area (Å²) in [5.41, 5.74) is 2.73. The highest BCUT2D eigenvalue weighted by atomic mass is 15.2. The summed E-state index contributed by atoms with van der Waals surface area (Å²) < 4.78 is 0. The Labute approximate surface area is 145 Å².